The molecule has 1 fully saturated rings. The predicted octanol–water partition coefficient (Wildman–Crippen LogP) is 3.19. The molecule has 0 saturated heterocycles. The predicted molar refractivity (Wildman–Crippen MR) is 88.9 cm³/mol. The number of hydrogen-bond acceptors (Lipinski definition) is 3. The number of anilines is 1. The first kappa shape index (κ1) is 15.5. The van der Waals surface area contributed by atoms with Gasteiger partial charge in [-0.05, 0) is 49.6 Å². The number of aromatic nitrogens is 1. The third kappa shape index (κ3) is 3.87. The SMILES string of the molecule is Cc1ccc(C(=O)NC2CC2)cc1NC(=O)c1ccc(Cl)nc1. The molecule has 0 radical (unpaired) electrons. The lowest BCUT2D eigenvalue weighted by Crippen LogP contribution is -2.25. The summed E-state index contributed by atoms with van der Waals surface area (Å²) in [5, 5.41) is 6.07. The monoisotopic (exact) mass is 329 g/mol. The van der Waals surface area contributed by atoms with E-state index in [1.54, 1.807) is 24.3 Å². The second-order valence-electron chi connectivity index (χ2n) is 5.60. The Morgan fingerprint density at radius 1 is 1.13 bits per heavy atom. The smallest absolute Gasteiger partial charge is 0.257 e. The average molecular weight is 330 g/mol. The van der Waals surface area contributed by atoms with Crippen LogP contribution in [0.5, 0.6) is 0 Å². The van der Waals surface area contributed by atoms with Crippen molar-refractivity contribution in [2.75, 3.05) is 5.32 Å². The van der Waals surface area contributed by atoms with E-state index in [0.717, 1.165) is 18.4 Å². The maximum absolute atomic E-state index is 12.3. The molecule has 1 aliphatic rings. The first-order valence-corrected chi connectivity index (χ1v) is 7.75. The molecule has 2 aromatic rings. The van der Waals surface area contributed by atoms with E-state index in [0.29, 0.717) is 28.0 Å². The maximum Gasteiger partial charge on any atom is 0.257 e. The minimum absolute atomic E-state index is 0.115. The summed E-state index contributed by atoms with van der Waals surface area (Å²) in [5.41, 5.74) is 2.42. The van der Waals surface area contributed by atoms with E-state index in [4.69, 9.17) is 11.6 Å². The van der Waals surface area contributed by atoms with Crippen LogP contribution in [0.15, 0.2) is 36.5 Å². The first-order valence-electron chi connectivity index (χ1n) is 7.37. The molecule has 5 nitrogen and oxygen atoms in total. The molecule has 23 heavy (non-hydrogen) atoms. The minimum atomic E-state index is -0.294. The van der Waals surface area contributed by atoms with Gasteiger partial charge in [0.25, 0.3) is 11.8 Å². The van der Waals surface area contributed by atoms with Gasteiger partial charge in [-0.15, -0.1) is 0 Å². The van der Waals surface area contributed by atoms with Gasteiger partial charge in [0.1, 0.15) is 5.15 Å². The highest BCUT2D eigenvalue weighted by Crippen LogP contribution is 2.21. The van der Waals surface area contributed by atoms with Crippen LogP contribution in [0, 0.1) is 6.92 Å². The second kappa shape index (κ2) is 6.38. The van der Waals surface area contributed by atoms with Crippen LogP contribution in [0.1, 0.15) is 39.1 Å². The molecule has 0 spiro atoms. The molecule has 0 unspecified atom stereocenters. The zero-order valence-corrected chi connectivity index (χ0v) is 13.4. The maximum atomic E-state index is 12.3. The fourth-order valence-corrected chi connectivity index (χ4v) is 2.21. The molecular weight excluding hydrogens is 314 g/mol. The van der Waals surface area contributed by atoms with Crippen molar-refractivity contribution in [1.29, 1.82) is 0 Å². The van der Waals surface area contributed by atoms with Crippen molar-refractivity contribution in [1.82, 2.24) is 10.3 Å². The van der Waals surface area contributed by atoms with Gasteiger partial charge in [-0.1, -0.05) is 17.7 Å². The Labute approximate surface area is 139 Å². The Morgan fingerprint density at radius 3 is 2.52 bits per heavy atom. The number of hydrogen-bond donors (Lipinski definition) is 2. The Balaban J connectivity index is 1.77. The molecule has 1 saturated carbocycles. The first-order chi connectivity index (χ1) is 11.0. The Bertz CT molecular complexity index is 755. The quantitative estimate of drug-likeness (QED) is 0.846. The highest BCUT2D eigenvalue weighted by Gasteiger charge is 2.24. The standard InChI is InChI=1S/C17H16ClN3O2/c1-10-2-3-11(16(22)20-13-5-6-13)8-14(10)21-17(23)12-4-7-15(18)19-9-12/h2-4,7-9,13H,5-6H2,1H3,(H,20,22)(H,21,23). The number of halogens is 1. The highest BCUT2D eigenvalue weighted by molar-refractivity contribution is 6.29. The molecule has 2 amide bonds. The van der Waals surface area contributed by atoms with Gasteiger partial charge in [0, 0.05) is 23.5 Å². The molecule has 1 heterocycles. The molecular formula is C17H16ClN3O2. The van der Waals surface area contributed by atoms with Gasteiger partial charge in [0.2, 0.25) is 0 Å². The van der Waals surface area contributed by atoms with Crippen LogP contribution in [0.2, 0.25) is 5.15 Å². The average Bonchev–Trinajstić information content (AvgIpc) is 3.34. The molecule has 0 aliphatic heterocycles. The number of amides is 2. The van der Waals surface area contributed by atoms with Gasteiger partial charge in [-0.25, -0.2) is 4.98 Å². The molecule has 2 N–H and O–H groups in total. The summed E-state index contributed by atoms with van der Waals surface area (Å²) in [4.78, 5) is 28.2. The van der Waals surface area contributed by atoms with Crippen LogP contribution in [-0.2, 0) is 0 Å². The Kier molecular flexibility index (Phi) is 4.30. The van der Waals surface area contributed by atoms with Crippen LogP contribution < -0.4 is 10.6 Å². The Morgan fingerprint density at radius 2 is 1.87 bits per heavy atom. The fraction of sp³-hybridized carbons (Fsp3) is 0.235. The summed E-state index contributed by atoms with van der Waals surface area (Å²) in [6, 6.07) is 8.71. The minimum Gasteiger partial charge on any atom is -0.349 e. The number of carbonyl (C=O) groups is 2. The topological polar surface area (TPSA) is 71.1 Å². The van der Waals surface area contributed by atoms with Gasteiger partial charge in [-0.3, -0.25) is 9.59 Å². The van der Waals surface area contributed by atoms with Crippen molar-refractivity contribution in [2.24, 2.45) is 0 Å². The number of nitrogens with zero attached hydrogens (tertiary/aromatic N) is 1. The number of pyridine rings is 1. The van der Waals surface area contributed by atoms with E-state index in [2.05, 4.69) is 15.6 Å². The number of carbonyl (C=O) groups excluding carboxylic acids is 2. The summed E-state index contributed by atoms with van der Waals surface area (Å²) in [6.45, 7) is 1.87. The van der Waals surface area contributed by atoms with Crippen molar-refractivity contribution >= 4 is 29.1 Å². The van der Waals surface area contributed by atoms with Crippen LogP contribution in [0.4, 0.5) is 5.69 Å². The van der Waals surface area contributed by atoms with Gasteiger partial charge in [-0.2, -0.15) is 0 Å². The van der Waals surface area contributed by atoms with Gasteiger partial charge in [0.15, 0.2) is 0 Å². The summed E-state index contributed by atoms with van der Waals surface area (Å²) < 4.78 is 0. The number of aryl methyl sites for hydroxylation is 1. The molecule has 0 bridgehead atoms. The summed E-state index contributed by atoms with van der Waals surface area (Å²) in [6.07, 6.45) is 3.48. The number of benzene rings is 1. The summed E-state index contributed by atoms with van der Waals surface area (Å²) in [5.74, 6) is -0.409. The zero-order valence-electron chi connectivity index (χ0n) is 12.6. The molecule has 1 aromatic heterocycles. The zero-order chi connectivity index (χ0) is 16.4. The third-order valence-electron chi connectivity index (χ3n) is 3.65. The van der Waals surface area contributed by atoms with E-state index in [9.17, 15) is 9.59 Å². The van der Waals surface area contributed by atoms with Crippen molar-refractivity contribution in [3.63, 3.8) is 0 Å². The van der Waals surface area contributed by atoms with E-state index < -0.39 is 0 Å². The van der Waals surface area contributed by atoms with E-state index in [-0.39, 0.29) is 11.8 Å². The number of rotatable bonds is 4. The molecule has 118 valence electrons. The summed E-state index contributed by atoms with van der Waals surface area (Å²) in [7, 11) is 0. The summed E-state index contributed by atoms with van der Waals surface area (Å²) >= 11 is 5.72. The normalized spacial score (nSPS) is 13.5. The Hall–Kier alpha value is -2.40. The largest absolute Gasteiger partial charge is 0.349 e. The van der Waals surface area contributed by atoms with Crippen LogP contribution in [-0.4, -0.2) is 22.8 Å². The lowest BCUT2D eigenvalue weighted by molar-refractivity contribution is 0.0949. The third-order valence-corrected chi connectivity index (χ3v) is 3.87. The van der Waals surface area contributed by atoms with E-state index >= 15 is 0 Å². The molecule has 0 atom stereocenters. The van der Waals surface area contributed by atoms with E-state index in [1.807, 2.05) is 13.0 Å². The van der Waals surface area contributed by atoms with Crippen molar-refractivity contribution < 1.29 is 9.59 Å². The molecule has 1 aromatic carbocycles. The van der Waals surface area contributed by atoms with Crippen LogP contribution in [0.3, 0.4) is 0 Å². The van der Waals surface area contributed by atoms with Crippen LogP contribution in [0.25, 0.3) is 0 Å². The molecule has 1 aliphatic carbocycles. The highest BCUT2D eigenvalue weighted by atomic mass is 35.5. The molecule has 6 heteroatoms. The fourth-order valence-electron chi connectivity index (χ4n) is 2.10. The van der Waals surface area contributed by atoms with Crippen LogP contribution >= 0.6 is 11.6 Å². The van der Waals surface area contributed by atoms with Gasteiger partial charge in [0.05, 0.1) is 5.56 Å². The second-order valence-corrected chi connectivity index (χ2v) is 5.99. The van der Waals surface area contributed by atoms with Crippen molar-refractivity contribution in [2.45, 2.75) is 25.8 Å². The van der Waals surface area contributed by atoms with Crippen molar-refractivity contribution in [3.8, 4) is 0 Å². The molecule has 3 rings (SSSR count). The number of nitrogens with one attached hydrogen (secondary N) is 2. The van der Waals surface area contributed by atoms with Crippen molar-refractivity contribution in [3.05, 3.63) is 58.4 Å². The van der Waals surface area contributed by atoms with Gasteiger partial charge < -0.3 is 10.6 Å². The lowest BCUT2D eigenvalue weighted by Gasteiger charge is -2.11. The van der Waals surface area contributed by atoms with Gasteiger partial charge >= 0.3 is 0 Å². The van der Waals surface area contributed by atoms with E-state index in [1.165, 1.54) is 6.20 Å². The lowest BCUT2D eigenvalue weighted by atomic mass is 10.1.